The van der Waals surface area contributed by atoms with Gasteiger partial charge in [0, 0.05) is 6.42 Å². The van der Waals surface area contributed by atoms with Crippen molar-refractivity contribution in [3.63, 3.8) is 0 Å². The Morgan fingerprint density at radius 2 is 0.900 bits per heavy atom. The summed E-state index contributed by atoms with van der Waals surface area (Å²) in [6, 6.07) is -0.705. The van der Waals surface area contributed by atoms with Crippen LogP contribution in [0.1, 0.15) is 258 Å². The Labute approximate surface area is 372 Å². The monoisotopic (exact) mass is 842 g/mol. The molecular weight excluding hydrogens is 743 g/mol. The zero-order chi connectivity index (χ0) is 43.8. The fraction of sp³-hybridized carbons (Fsp3) is 0.815. The van der Waals surface area contributed by atoms with Crippen molar-refractivity contribution in [2.45, 2.75) is 277 Å². The zero-order valence-corrected chi connectivity index (χ0v) is 39.8. The van der Waals surface area contributed by atoms with Gasteiger partial charge in [-0.2, -0.15) is 0 Å². The first-order chi connectivity index (χ1) is 29.5. The van der Waals surface area contributed by atoms with Gasteiger partial charge in [-0.05, 0) is 64.2 Å². The summed E-state index contributed by atoms with van der Waals surface area (Å²) in [6.07, 6.45) is 57.4. The number of allylic oxidation sites excluding steroid dienone is 8. The van der Waals surface area contributed by atoms with E-state index in [2.05, 4.69) is 74.7 Å². The van der Waals surface area contributed by atoms with E-state index in [1.807, 2.05) is 0 Å². The minimum Gasteiger partial charge on any atom is -0.462 e. The number of rotatable bonds is 46. The van der Waals surface area contributed by atoms with E-state index in [0.717, 1.165) is 83.5 Å². The highest BCUT2D eigenvalue weighted by molar-refractivity contribution is 5.77. The number of nitrogens with one attached hydrogen (secondary N) is 1. The van der Waals surface area contributed by atoms with E-state index in [1.165, 1.54) is 128 Å². The average Bonchev–Trinajstić information content (AvgIpc) is 3.24. The van der Waals surface area contributed by atoms with Crippen molar-refractivity contribution in [3.8, 4) is 0 Å². The van der Waals surface area contributed by atoms with Crippen molar-refractivity contribution in [2.24, 2.45) is 0 Å². The third-order valence-electron chi connectivity index (χ3n) is 11.7. The van der Waals surface area contributed by atoms with Crippen molar-refractivity contribution in [3.05, 3.63) is 48.6 Å². The maximum Gasteiger partial charge on any atom is 0.306 e. The molecule has 0 aromatic heterocycles. The molecule has 0 rings (SSSR count). The molecule has 60 heavy (non-hydrogen) atoms. The molecule has 6 nitrogen and oxygen atoms in total. The van der Waals surface area contributed by atoms with E-state index in [-0.39, 0.29) is 24.9 Å². The first-order valence-electron chi connectivity index (χ1n) is 25.9. The van der Waals surface area contributed by atoms with E-state index in [1.54, 1.807) is 0 Å². The van der Waals surface area contributed by atoms with Crippen LogP contribution in [0.5, 0.6) is 0 Å². The first kappa shape index (κ1) is 57.8. The lowest BCUT2D eigenvalue weighted by molar-refractivity contribution is -0.151. The average molecular weight is 842 g/mol. The van der Waals surface area contributed by atoms with Gasteiger partial charge in [-0.1, -0.05) is 230 Å². The number of hydrogen-bond acceptors (Lipinski definition) is 5. The number of unbranched alkanes of at least 4 members (excludes halogenated alkanes) is 26. The second-order valence-corrected chi connectivity index (χ2v) is 17.5. The van der Waals surface area contributed by atoms with Crippen LogP contribution in [0.4, 0.5) is 0 Å². The number of aliphatic hydroxyl groups is 2. The summed E-state index contributed by atoms with van der Waals surface area (Å²) in [4.78, 5) is 26.1. The smallest absolute Gasteiger partial charge is 0.306 e. The predicted octanol–water partition coefficient (Wildman–Crippen LogP) is 15.5. The Hall–Kier alpha value is -2.18. The second-order valence-electron chi connectivity index (χ2n) is 17.5. The Morgan fingerprint density at radius 3 is 1.35 bits per heavy atom. The lowest BCUT2D eigenvalue weighted by Gasteiger charge is -2.24. The molecule has 0 saturated heterocycles. The minimum atomic E-state index is -0.791. The third-order valence-corrected chi connectivity index (χ3v) is 11.7. The molecule has 350 valence electrons. The summed E-state index contributed by atoms with van der Waals surface area (Å²) in [5, 5.41) is 23.8. The summed E-state index contributed by atoms with van der Waals surface area (Å²) in [5.74, 6) is -0.502. The molecule has 0 radical (unpaired) electrons. The standard InChI is InChI=1S/C54H99NO5/c1-4-7-10-13-16-19-22-25-26-27-29-32-35-38-41-44-47-54(59)60-50(45-42-39-36-33-30-28-23-20-17-14-11-8-5-2)48-53(58)55-51(49-56)52(57)46-43-40-37-34-31-24-21-18-15-12-9-6-3/h7,10,16,19,25-26,29,32,50-52,56-57H,4-6,8-9,11-15,17-18,20-24,27-28,30-31,33-49H2,1-3H3,(H,55,58)/b10-7+,19-16+,26-25+,32-29+. The molecule has 1 amide bonds. The van der Waals surface area contributed by atoms with Gasteiger partial charge in [0.25, 0.3) is 0 Å². The first-order valence-corrected chi connectivity index (χ1v) is 25.9. The lowest BCUT2D eigenvalue weighted by atomic mass is 10.0. The molecule has 0 spiro atoms. The van der Waals surface area contributed by atoms with Crippen LogP contribution < -0.4 is 5.32 Å². The van der Waals surface area contributed by atoms with E-state index < -0.39 is 18.2 Å². The van der Waals surface area contributed by atoms with Crippen LogP contribution in [0, 0.1) is 0 Å². The van der Waals surface area contributed by atoms with Crippen LogP contribution in [0.2, 0.25) is 0 Å². The van der Waals surface area contributed by atoms with Gasteiger partial charge < -0.3 is 20.3 Å². The van der Waals surface area contributed by atoms with Gasteiger partial charge in [0.05, 0.1) is 25.2 Å². The van der Waals surface area contributed by atoms with Gasteiger partial charge in [-0.15, -0.1) is 0 Å². The number of amides is 1. The van der Waals surface area contributed by atoms with Crippen molar-refractivity contribution >= 4 is 11.9 Å². The quantitative estimate of drug-likeness (QED) is 0.0322. The van der Waals surface area contributed by atoms with Crippen molar-refractivity contribution in [1.29, 1.82) is 0 Å². The topological polar surface area (TPSA) is 95.9 Å². The Balaban J connectivity index is 4.61. The van der Waals surface area contributed by atoms with Crippen molar-refractivity contribution < 1.29 is 24.5 Å². The molecule has 0 fully saturated rings. The number of hydrogen-bond donors (Lipinski definition) is 3. The van der Waals surface area contributed by atoms with Gasteiger partial charge in [-0.25, -0.2) is 0 Å². The minimum absolute atomic E-state index is 0.0671. The summed E-state index contributed by atoms with van der Waals surface area (Å²) in [5.41, 5.74) is 0. The Morgan fingerprint density at radius 1 is 0.500 bits per heavy atom. The van der Waals surface area contributed by atoms with Crippen LogP contribution >= 0.6 is 0 Å². The molecule has 0 aliphatic carbocycles. The van der Waals surface area contributed by atoms with E-state index in [0.29, 0.717) is 19.3 Å². The molecule has 0 aliphatic heterocycles. The largest absolute Gasteiger partial charge is 0.462 e. The maximum absolute atomic E-state index is 13.2. The highest BCUT2D eigenvalue weighted by Gasteiger charge is 2.24. The van der Waals surface area contributed by atoms with Crippen molar-refractivity contribution in [1.82, 2.24) is 5.32 Å². The molecule has 3 N–H and O–H groups in total. The summed E-state index contributed by atoms with van der Waals surface area (Å²) >= 11 is 0. The highest BCUT2D eigenvalue weighted by atomic mass is 16.5. The molecule has 0 aliphatic rings. The number of carbonyl (C=O) groups excluding carboxylic acids is 2. The molecule has 0 bridgehead atoms. The molecule has 0 aromatic rings. The van der Waals surface area contributed by atoms with Gasteiger partial charge in [0.2, 0.25) is 5.91 Å². The van der Waals surface area contributed by atoms with Gasteiger partial charge in [0.1, 0.15) is 6.10 Å². The van der Waals surface area contributed by atoms with Gasteiger partial charge >= 0.3 is 5.97 Å². The van der Waals surface area contributed by atoms with Crippen LogP contribution in [0.3, 0.4) is 0 Å². The van der Waals surface area contributed by atoms with E-state index in [9.17, 15) is 19.8 Å². The van der Waals surface area contributed by atoms with Crippen LogP contribution in [-0.2, 0) is 14.3 Å². The Bertz CT molecular complexity index is 1040. The fourth-order valence-electron chi connectivity index (χ4n) is 7.77. The number of esters is 1. The maximum atomic E-state index is 13.2. The van der Waals surface area contributed by atoms with E-state index in [4.69, 9.17) is 4.74 Å². The summed E-state index contributed by atoms with van der Waals surface area (Å²) in [6.45, 7) is 6.37. The van der Waals surface area contributed by atoms with Gasteiger partial charge in [0.15, 0.2) is 0 Å². The van der Waals surface area contributed by atoms with Crippen LogP contribution in [0.25, 0.3) is 0 Å². The molecule has 0 aromatic carbocycles. The fourth-order valence-corrected chi connectivity index (χ4v) is 7.77. The molecule has 0 saturated carbocycles. The highest BCUT2D eigenvalue weighted by Crippen LogP contribution is 2.18. The lowest BCUT2D eigenvalue weighted by Crippen LogP contribution is -2.46. The van der Waals surface area contributed by atoms with E-state index >= 15 is 0 Å². The number of aliphatic hydroxyl groups excluding tert-OH is 2. The third kappa shape index (κ3) is 42.5. The van der Waals surface area contributed by atoms with Crippen LogP contribution in [-0.4, -0.2) is 46.9 Å². The van der Waals surface area contributed by atoms with Gasteiger partial charge in [-0.3, -0.25) is 9.59 Å². The SMILES string of the molecule is CC/C=C/C/C=C/C/C=C/C/C=C/CCCCCC(=O)OC(CCCCCCCCCCCCCCC)CC(=O)NC(CO)C(O)CCCCCCCCCCCCCC. The summed E-state index contributed by atoms with van der Waals surface area (Å²) in [7, 11) is 0. The molecule has 3 unspecified atom stereocenters. The Kier molecular flexibility index (Phi) is 46.1. The molecule has 3 atom stereocenters. The summed E-state index contributed by atoms with van der Waals surface area (Å²) < 4.78 is 5.92. The molecular formula is C54H99NO5. The second kappa shape index (κ2) is 47.9. The molecule has 6 heteroatoms. The molecule has 0 heterocycles. The predicted molar refractivity (Wildman–Crippen MR) is 259 cm³/mol. The zero-order valence-electron chi connectivity index (χ0n) is 39.8. The normalized spacial score (nSPS) is 13.6. The van der Waals surface area contributed by atoms with Crippen LogP contribution in [0.15, 0.2) is 48.6 Å². The van der Waals surface area contributed by atoms with Crippen molar-refractivity contribution in [2.75, 3.05) is 6.61 Å². The number of ether oxygens (including phenoxy) is 1. The number of carbonyl (C=O) groups is 2.